The monoisotopic (exact) mass is 483 g/mol. The van der Waals surface area contributed by atoms with Crippen LogP contribution in [0, 0.1) is 5.82 Å². The van der Waals surface area contributed by atoms with Crippen LogP contribution in [-0.4, -0.2) is 48.8 Å². The number of aromatic nitrogens is 1. The molecule has 0 bridgehead atoms. The molecule has 0 aliphatic carbocycles. The first-order valence-corrected chi connectivity index (χ1v) is 11.0. The first kappa shape index (κ1) is 24.5. The quantitative estimate of drug-likeness (QED) is 0.335. The van der Waals surface area contributed by atoms with Gasteiger partial charge in [0.15, 0.2) is 10.9 Å². The van der Waals surface area contributed by atoms with Crippen LogP contribution in [0.4, 0.5) is 9.52 Å². The van der Waals surface area contributed by atoms with Gasteiger partial charge in [0.1, 0.15) is 5.82 Å². The molecule has 33 heavy (non-hydrogen) atoms. The third-order valence-electron chi connectivity index (χ3n) is 5.02. The van der Waals surface area contributed by atoms with Crippen molar-refractivity contribution in [2.75, 3.05) is 32.1 Å². The van der Waals surface area contributed by atoms with E-state index in [-0.39, 0.29) is 29.9 Å². The number of amides is 1. The Morgan fingerprint density at radius 3 is 2.18 bits per heavy atom. The standard InChI is InChI=1S/C25H22FN3O2S.ClH/c1-28(2)14-15-29(25-27-21-13-12-20(26)16-22(21)32-25)24(31)19-10-8-18(9-11-19)23(30)17-6-4-3-5-7-17;/h3-13,16H,14-15H2,1-2H3;1H. The Labute approximate surface area is 201 Å². The lowest BCUT2D eigenvalue weighted by Crippen LogP contribution is -2.36. The maximum Gasteiger partial charge on any atom is 0.260 e. The number of thiazole rings is 1. The second kappa shape index (κ2) is 10.7. The smallest absolute Gasteiger partial charge is 0.260 e. The molecule has 0 radical (unpaired) electrons. The number of fused-ring (bicyclic) bond motifs is 1. The van der Waals surface area contributed by atoms with Crippen LogP contribution in [0.3, 0.4) is 0 Å². The van der Waals surface area contributed by atoms with Gasteiger partial charge in [-0.15, -0.1) is 12.4 Å². The van der Waals surface area contributed by atoms with Crippen molar-refractivity contribution in [3.8, 4) is 0 Å². The van der Waals surface area contributed by atoms with Crippen LogP contribution in [-0.2, 0) is 0 Å². The fraction of sp³-hybridized carbons (Fsp3) is 0.160. The number of benzene rings is 3. The van der Waals surface area contributed by atoms with Crippen molar-refractivity contribution < 1.29 is 14.0 Å². The summed E-state index contributed by atoms with van der Waals surface area (Å²) in [5.74, 6) is -0.648. The zero-order valence-corrected chi connectivity index (χ0v) is 19.8. The first-order valence-electron chi connectivity index (χ1n) is 10.1. The molecule has 8 heteroatoms. The second-order valence-electron chi connectivity index (χ2n) is 7.64. The van der Waals surface area contributed by atoms with Crippen LogP contribution >= 0.6 is 23.7 Å². The summed E-state index contributed by atoms with van der Waals surface area (Å²) in [4.78, 5) is 34.2. The van der Waals surface area contributed by atoms with Gasteiger partial charge in [0.25, 0.3) is 5.91 Å². The Hall–Kier alpha value is -3.13. The van der Waals surface area contributed by atoms with E-state index in [1.807, 2.05) is 37.2 Å². The fourth-order valence-electron chi connectivity index (χ4n) is 3.26. The minimum absolute atomic E-state index is 0. The molecule has 170 valence electrons. The van der Waals surface area contributed by atoms with Gasteiger partial charge < -0.3 is 4.90 Å². The van der Waals surface area contributed by atoms with Gasteiger partial charge >= 0.3 is 0 Å². The van der Waals surface area contributed by atoms with Crippen LogP contribution < -0.4 is 4.90 Å². The number of anilines is 1. The lowest BCUT2D eigenvalue weighted by molar-refractivity contribution is 0.0982. The molecule has 3 aromatic carbocycles. The summed E-state index contributed by atoms with van der Waals surface area (Å²) in [6.07, 6.45) is 0. The molecular formula is C25H23ClFN3O2S. The molecule has 0 aliphatic heterocycles. The van der Waals surface area contributed by atoms with Crippen molar-refractivity contribution >= 4 is 50.8 Å². The number of likely N-dealkylation sites (N-methyl/N-ethyl adjacent to an activating group) is 1. The number of hydrogen-bond donors (Lipinski definition) is 0. The van der Waals surface area contributed by atoms with Crippen molar-refractivity contribution in [2.45, 2.75) is 0 Å². The molecule has 0 fully saturated rings. The molecule has 0 saturated heterocycles. The molecule has 4 rings (SSSR count). The highest BCUT2D eigenvalue weighted by atomic mass is 35.5. The van der Waals surface area contributed by atoms with E-state index in [4.69, 9.17) is 0 Å². The topological polar surface area (TPSA) is 53.5 Å². The SMILES string of the molecule is CN(C)CCN(C(=O)c1ccc(C(=O)c2ccccc2)cc1)c1nc2ccc(F)cc2s1.Cl. The van der Waals surface area contributed by atoms with Gasteiger partial charge in [-0.1, -0.05) is 53.8 Å². The molecule has 5 nitrogen and oxygen atoms in total. The number of hydrogen-bond acceptors (Lipinski definition) is 5. The van der Waals surface area contributed by atoms with Gasteiger partial charge in [-0.25, -0.2) is 9.37 Å². The molecule has 4 aromatic rings. The summed E-state index contributed by atoms with van der Waals surface area (Å²) in [6.45, 7) is 1.07. The molecule has 0 N–H and O–H groups in total. The molecule has 0 aliphatic rings. The summed E-state index contributed by atoms with van der Waals surface area (Å²) < 4.78 is 14.3. The van der Waals surface area contributed by atoms with Gasteiger partial charge in [-0.3, -0.25) is 14.5 Å². The summed E-state index contributed by atoms with van der Waals surface area (Å²) in [5, 5.41) is 0.516. The van der Waals surface area contributed by atoms with E-state index in [1.165, 1.54) is 23.5 Å². The Bertz CT molecular complexity index is 1260. The average Bonchev–Trinajstić information content (AvgIpc) is 3.22. The number of rotatable bonds is 7. The number of nitrogens with zero attached hydrogens (tertiary/aromatic N) is 3. The minimum Gasteiger partial charge on any atom is -0.308 e. The van der Waals surface area contributed by atoms with Crippen molar-refractivity contribution in [1.82, 2.24) is 9.88 Å². The maximum absolute atomic E-state index is 13.6. The Balaban J connectivity index is 0.00000306. The zero-order chi connectivity index (χ0) is 22.7. The second-order valence-corrected chi connectivity index (χ2v) is 8.65. The van der Waals surface area contributed by atoms with Gasteiger partial charge in [0.2, 0.25) is 0 Å². The zero-order valence-electron chi connectivity index (χ0n) is 18.2. The number of carbonyl (C=O) groups excluding carboxylic acids is 2. The largest absolute Gasteiger partial charge is 0.308 e. The van der Waals surface area contributed by atoms with Crippen LogP contribution in [0.1, 0.15) is 26.3 Å². The van der Waals surface area contributed by atoms with E-state index in [1.54, 1.807) is 47.4 Å². The van der Waals surface area contributed by atoms with E-state index in [9.17, 15) is 14.0 Å². The van der Waals surface area contributed by atoms with Crippen LogP contribution in [0.5, 0.6) is 0 Å². The highest BCUT2D eigenvalue weighted by molar-refractivity contribution is 7.22. The van der Waals surface area contributed by atoms with Crippen LogP contribution in [0.15, 0.2) is 72.8 Å². The lowest BCUT2D eigenvalue weighted by Gasteiger charge is -2.22. The van der Waals surface area contributed by atoms with E-state index < -0.39 is 0 Å². The van der Waals surface area contributed by atoms with Crippen molar-refractivity contribution in [2.24, 2.45) is 0 Å². The minimum atomic E-state index is -0.336. The van der Waals surface area contributed by atoms with Gasteiger partial charge in [-0.05, 0) is 44.4 Å². The highest BCUT2D eigenvalue weighted by Gasteiger charge is 2.22. The van der Waals surface area contributed by atoms with E-state index in [0.717, 1.165) is 0 Å². The predicted octanol–water partition coefficient (Wildman–Crippen LogP) is 5.30. The average molecular weight is 484 g/mol. The van der Waals surface area contributed by atoms with Crippen molar-refractivity contribution in [3.63, 3.8) is 0 Å². The summed E-state index contributed by atoms with van der Waals surface area (Å²) in [7, 11) is 3.86. The Kier molecular flexibility index (Phi) is 7.92. The van der Waals surface area contributed by atoms with Crippen molar-refractivity contribution in [3.05, 3.63) is 95.3 Å². The summed E-state index contributed by atoms with van der Waals surface area (Å²) >= 11 is 1.28. The van der Waals surface area contributed by atoms with Gasteiger partial charge in [0, 0.05) is 29.8 Å². The first-order chi connectivity index (χ1) is 15.4. The summed E-state index contributed by atoms with van der Waals surface area (Å²) in [6, 6.07) is 20.1. The van der Waals surface area contributed by atoms with E-state index >= 15 is 0 Å². The normalized spacial score (nSPS) is 10.8. The molecule has 1 heterocycles. The van der Waals surface area contributed by atoms with Crippen LogP contribution in [0.2, 0.25) is 0 Å². The van der Waals surface area contributed by atoms with Crippen LogP contribution in [0.25, 0.3) is 10.2 Å². The molecule has 1 aromatic heterocycles. The molecule has 0 spiro atoms. The molecule has 0 saturated carbocycles. The van der Waals surface area contributed by atoms with E-state index in [2.05, 4.69) is 4.98 Å². The van der Waals surface area contributed by atoms with Gasteiger partial charge in [-0.2, -0.15) is 0 Å². The highest BCUT2D eigenvalue weighted by Crippen LogP contribution is 2.30. The lowest BCUT2D eigenvalue weighted by atomic mass is 10.0. The van der Waals surface area contributed by atoms with Crippen molar-refractivity contribution in [1.29, 1.82) is 0 Å². The fourth-order valence-corrected chi connectivity index (χ4v) is 4.28. The molecule has 1 amide bonds. The third-order valence-corrected chi connectivity index (χ3v) is 6.06. The Morgan fingerprint density at radius 2 is 1.52 bits per heavy atom. The van der Waals surface area contributed by atoms with Gasteiger partial charge in [0.05, 0.1) is 10.2 Å². The predicted molar refractivity (Wildman–Crippen MR) is 133 cm³/mol. The maximum atomic E-state index is 13.6. The number of halogens is 2. The molecule has 0 atom stereocenters. The number of carbonyl (C=O) groups is 2. The molecular weight excluding hydrogens is 461 g/mol. The Morgan fingerprint density at radius 1 is 0.879 bits per heavy atom. The summed E-state index contributed by atoms with van der Waals surface area (Å²) in [5.41, 5.74) is 2.22. The third kappa shape index (κ3) is 5.63. The molecule has 0 unspecified atom stereocenters. The number of ketones is 1. The van der Waals surface area contributed by atoms with E-state index in [0.29, 0.717) is 45.1 Å².